The van der Waals surface area contributed by atoms with Crippen LogP contribution in [0.4, 0.5) is 0 Å². The van der Waals surface area contributed by atoms with E-state index < -0.39 is 5.97 Å². The molecule has 116 valence electrons. The summed E-state index contributed by atoms with van der Waals surface area (Å²) in [6.45, 7) is 0.521. The van der Waals surface area contributed by atoms with Gasteiger partial charge in [0.25, 0.3) is 0 Å². The SMILES string of the molecule is O=C(O)C1CC1c1c[nH]c2ccc(OCc3ccccc3)cc12. The van der Waals surface area contributed by atoms with Crippen molar-refractivity contribution in [1.29, 1.82) is 0 Å². The number of H-pyrrole nitrogens is 1. The zero-order chi connectivity index (χ0) is 15.8. The van der Waals surface area contributed by atoms with E-state index in [1.807, 2.05) is 54.7 Å². The van der Waals surface area contributed by atoms with E-state index in [0.717, 1.165) is 34.2 Å². The van der Waals surface area contributed by atoms with Crippen LogP contribution in [0.25, 0.3) is 10.9 Å². The lowest BCUT2D eigenvalue weighted by molar-refractivity contribution is -0.138. The summed E-state index contributed by atoms with van der Waals surface area (Å²) in [6, 6.07) is 15.9. The monoisotopic (exact) mass is 307 g/mol. The van der Waals surface area contributed by atoms with Crippen molar-refractivity contribution in [3.8, 4) is 5.75 Å². The molecule has 0 amide bonds. The first-order valence-electron chi connectivity index (χ1n) is 7.73. The van der Waals surface area contributed by atoms with E-state index in [1.54, 1.807) is 0 Å². The first-order chi connectivity index (χ1) is 11.2. The number of benzene rings is 2. The summed E-state index contributed by atoms with van der Waals surface area (Å²) in [7, 11) is 0. The minimum Gasteiger partial charge on any atom is -0.489 e. The quantitative estimate of drug-likeness (QED) is 0.750. The van der Waals surface area contributed by atoms with E-state index in [9.17, 15) is 4.79 Å². The molecule has 2 atom stereocenters. The molecule has 1 saturated carbocycles. The number of rotatable bonds is 5. The maximum atomic E-state index is 11.1. The van der Waals surface area contributed by atoms with Gasteiger partial charge in [-0.2, -0.15) is 0 Å². The number of hydrogen-bond acceptors (Lipinski definition) is 2. The molecule has 0 spiro atoms. The molecule has 2 unspecified atom stereocenters. The van der Waals surface area contributed by atoms with Crippen LogP contribution in [0.1, 0.15) is 23.5 Å². The van der Waals surface area contributed by atoms with E-state index in [-0.39, 0.29) is 11.8 Å². The second kappa shape index (κ2) is 5.47. The summed E-state index contributed by atoms with van der Waals surface area (Å²) in [5, 5.41) is 10.2. The van der Waals surface area contributed by atoms with Crippen LogP contribution < -0.4 is 4.74 Å². The average Bonchev–Trinajstić information content (AvgIpc) is 3.27. The molecule has 2 aromatic carbocycles. The first kappa shape index (κ1) is 13.9. The van der Waals surface area contributed by atoms with Crippen molar-refractivity contribution < 1.29 is 14.6 Å². The lowest BCUT2D eigenvalue weighted by atomic mass is 10.1. The molecule has 2 N–H and O–H groups in total. The molecule has 4 nitrogen and oxygen atoms in total. The highest BCUT2D eigenvalue weighted by molar-refractivity contribution is 5.87. The second-order valence-corrected chi connectivity index (χ2v) is 6.01. The predicted molar refractivity (Wildman–Crippen MR) is 87.6 cm³/mol. The fourth-order valence-electron chi connectivity index (χ4n) is 3.07. The fourth-order valence-corrected chi connectivity index (χ4v) is 3.07. The van der Waals surface area contributed by atoms with E-state index in [0.29, 0.717) is 6.61 Å². The van der Waals surface area contributed by atoms with Crippen molar-refractivity contribution in [1.82, 2.24) is 4.98 Å². The Morgan fingerprint density at radius 3 is 2.78 bits per heavy atom. The highest BCUT2D eigenvalue weighted by Crippen LogP contribution is 2.49. The Labute approximate surface area is 133 Å². The van der Waals surface area contributed by atoms with Crippen LogP contribution in [0, 0.1) is 5.92 Å². The molecule has 0 aliphatic heterocycles. The van der Waals surface area contributed by atoms with Crippen molar-refractivity contribution in [3.63, 3.8) is 0 Å². The largest absolute Gasteiger partial charge is 0.489 e. The maximum Gasteiger partial charge on any atom is 0.307 e. The molecule has 3 aromatic rings. The number of hydrogen-bond donors (Lipinski definition) is 2. The fraction of sp³-hybridized carbons (Fsp3) is 0.211. The van der Waals surface area contributed by atoms with Gasteiger partial charge in [0.2, 0.25) is 0 Å². The number of carboxylic acids is 1. The third kappa shape index (κ3) is 2.68. The molecular weight excluding hydrogens is 290 g/mol. The molecule has 23 heavy (non-hydrogen) atoms. The van der Waals surface area contributed by atoms with Crippen LogP contribution in [0.2, 0.25) is 0 Å². The number of carbonyl (C=O) groups is 1. The van der Waals surface area contributed by atoms with Crippen LogP contribution >= 0.6 is 0 Å². The van der Waals surface area contributed by atoms with Crippen LogP contribution in [0.15, 0.2) is 54.7 Å². The van der Waals surface area contributed by atoms with Gasteiger partial charge in [-0.3, -0.25) is 4.79 Å². The highest BCUT2D eigenvalue weighted by atomic mass is 16.5. The average molecular weight is 307 g/mol. The molecule has 1 heterocycles. The Morgan fingerprint density at radius 1 is 1.22 bits per heavy atom. The number of aliphatic carboxylic acids is 1. The Bertz CT molecular complexity index is 853. The summed E-state index contributed by atoms with van der Waals surface area (Å²) in [4.78, 5) is 14.3. The summed E-state index contributed by atoms with van der Waals surface area (Å²) < 4.78 is 5.87. The molecule has 0 bridgehead atoms. The number of aromatic amines is 1. The highest BCUT2D eigenvalue weighted by Gasteiger charge is 2.45. The predicted octanol–water partition coefficient (Wildman–Crippen LogP) is 3.94. The summed E-state index contributed by atoms with van der Waals surface area (Å²) in [5.41, 5.74) is 3.22. The first-order valence-corrected chi connectivity index (χ1v) is 7.73. The lowest BCUT2D eigenvalue weighted by Crippen LogP contribution is -1.98. The summed E-state index contributed by atoms with van der Waals surface area (Å²) in [6.07, 6.45) is 2.65. The molecule has 4 heteroatoms. The van der Waals surface area contributed by atoms with E-state index >= 15 is 0 Å². The Morgan fingerprint density at radius 2 is 2.04 bits per heavy atom. The van der Waals surface area contributed by atoms with Crippen molar-refractivity contribution in [3.05, 3.63) is 65.9 Å². The van der Waals surface area contributed by atoms with Gasteiger partial charge < -0.3 is 14.8 Å². The number of ether oxygens (including phenoxy) is 1. The minimum absolute atomic E-state index is 0.116. The van der Waals surface area contributed by atoms with Crippen molar-refractivity contribution in [2.75, 3.05) is 0 Å². The van der Waals surface area contributed by atoms with Crippen molar-refractivity contribution in [2.24, 2.45) is 5.92 Å². The van der Waals surface area contributed by atoms with E-state index in [4.69, 9.17) is 9.84 Å². The molecule has 1 aliphatic rings. The maximum absolute atomic E-state index is 11.1. The van der Waals surface area contributed by atoms with Gasteiger partial charge in [0.05, 0.1) is 5.92 Å². The molecular formula is C19H17NO3. The zero-order valence-electron chi connectivity index (χ0n) is 12.5. The third-order valence-electron chi connectivity index (χ3n) is 4.44. The Kier molecular flexibility index (Phi) is 3.30. The van der Waals surface area contributed by atoms with E-state index in [2.05, 4.69) is 4.98 Å². The number of nitrogens with one attached hydrogen (secondary N) is 1. The Hall–Kier alpha value is -2.75. The lowest BCUT2D eigenvalue weighted by Gasteiger charge is -2.07. The van der Waals surface area contributed by atoms with Crippen LogP contribution in [0.3, 0.4) is 0 Å². The van der Waals surface area contributed by atoms with Gasteiger partial charge in [0.1, 0.15) is 12.4 Å². The Balaban J connectivity index is 1.56. The molecule has 4 rings (SSSR count). The normalized spacial score (nSPS) is 19.7. The molecule has 1 fully saturated rings. The van der Waals surface area contributed by atoms with Crippen LogP contribution in [-0.4, -0.2) is 16.1 Å². The van der Waals surface area contributed by atoms with Gasteiger partial charge >= 0.3 is 5.97 Å². The minimum atomic E-state index is -0.708. The molecule has 1 aliphatic carbocycles. The zero-order valence-corrected chi connectivity index (χ0v) is 12.5. The topological polar surface area (TPSA) is 62.3 Å². The van der Waals surface area contributed by atoms with Gasteiger partial charge in [-0.15, -0.1) is 0 Å². The van der Waals surface area contributed by atoms with Gasteiger partial charge in [-0.25, -0.2) is 0 Å². The van der Waals surface area contributed by atoms with E-state index in [1.165, 1.54) is 0 Å². The summed E-state index contributed by atoms with van der Waals surface area (Å²) in [5.74, 6) is -0.0379. The number of carboxylic acid groups (broad SMARTS) is 1. The van der Waals surface area contributed by atoms with Gasteiger partial charge in [-0.1, -0.05) is 30.3 Å². The van der Waals surface area contributed by atoms with Crippen LogP contribution in [-0.2, 0) is 11.4 Å². The third-order valence-corrected chi connectivity index (χ3v) is 4.44. The number of fused-ring (bicyclic) bond motifs is 1. The molecule has 1 aromatic heterocycles. The van der Waals surface area contributed by atoms with Gasteiger partial charge in [0, 0.05) is 23.0 Å². The number of aromatic nitrogens is 1. The van der Waals surface area contributed by atoms with Gasteiger partial charge in [0.15, 0.2) is 0 Å². The molecule has 0 radical (unpaired) electrons. The van der Waals surface area contributed by atoms with Crippen LogP contribution in [0.5, 0.6) is 5.75 Å². The second-order valence-electron chi connectivity index (χ2n) is 6.01. The molecule has 0 saturated heterocycles. The standard InChI is InChI=1S/C19H17NO3/c21-19(22)16-9-14(16)17-10-20-18-7-6-13(8-15(17)18)23-11-12-4-2-1-3-5-12/h1-8,10,14,16,20H,9,11H2,(H,21,22). The summed E-state index contributed by atoms with van der Waals surface area (Å²) >= 11 is 0. The van der Waals surface area contributed by atoms with Crippen molar-refractivity contribution in [2.45, 2.75) is 18.9 Å². The van der Waals surface area contributed by atoms with Crippen molar-refractivity contribution >= 4 is 16.9 Å². The smallest absolute Gasteiger partial charge is 0.307 e. The van der Waals surface area contributed by atoms with Gasteiger partial charge in [-0.05, 0) is 35.7 Å².